The van der Waals surface area contributed by atoms with Gasteiger partial charge < -0.3 is 31.1 Å². The smallest absolute Gasteiger partial charge is 0.255 e. The van der Waals surface area contributed by atoms with Gasteiger partial charge in [-0.1, -0.05) is 13.8 Å². The van der Waals surface area contributed by atoms with Crippen LogP contribution in [0.3, 0.4) is 0 Å². The Bertz CT molecular complexity index is 1410. The summed E-state index contributed by atoms with van der Waals surface area (Å²) in [6, 6.07) is 0.838. The molecule has 0 aromatic heterocycles. The van der Waals surface area contributed by atoms with Crippen LogP contribution in [0.4, 0.5) is 5.69 Å². The largest absolute Gasteiger partial charge is 0.508 e. The maximum Gasteiger partial charge on any atom is 0.255 e. The van der Waals surface area contributed by atoms with E-state index in [2.05, 4.69) is 13.8 Å². The Morgan fingerprint density at radius 1 is 1.10 bits per heavy atom. The normalized spacial score (nSPS) is 29.2. The third kappa shape index (κ3) is 4.25. The van der Waals surface area contributed by atoms with Gasteiger partial charge in [-0.3, -0.25) is 19.3 Å². The van der Waals surface area contributed by atoms with E-state index in [1.807, 2.05) is 25.1 Å². The molecule has 0 unspecified atom stereocenters. The third-order valence-corrected chi connectivity index (χ3v) is 9.76. The number of aliphatic hydroxyl groups is 3. The number of hydrogen-bond acceptors (Lipinski definition) is 9. The molecule has 10 heteroatoms. The molecule has 222 valence electrons. The molecule has 5 rings (SSSR count). The van der Waals surface area contributed by atoms with Crippen molar-refractivity contribution in [3.63, 3.8) is 0 Å². The number of aliphatic hydroxyl groups excluding tert-OH is 2. The number of rotatable bonds is 6. The number of likely N-dealkylation sites (N-methyl/N-ethyl adjacent to an activating group) is 1. The van der Waals surface area contributed by atoms with Crippen LogP contribution in [0.1, 0.15) is 56.2 Å². The first-order valence-corrected chi connectivity index (χ1v) is 14.2. The number of Topliss-reactive ketones (excluding diaryl/α,β-unsaturated/α-hetero) is 2. The second-order valence-corrected chi connectivity index (χ2v) is 13.6. The minimum Gasteiger partial charge on any atom is -0.508 e. The number of fused-ring (bicyclic) bond motifs is 3. The number of phenolic OH excluding ortho intramolecular Hbond substituents is 1. The number of nitrogens with two attached hydrogens (primary N) is 1. The molecule has 1 amide bonds. The van der Waals surface area contributed by atoms with Crippen LogP contribution >= 0.6 is 0 Å². The minimum atomic E-state index is -2.64. The second kappa shape index (κ2) is 9.59. The van der Waals surface area contributed by atoms with E-state index in [0.717, 1.165) is 24.9 Å². The van der Waals surface area contributed by atoms with E-state index in [1.54, 1.807) is 14.1 Å². The molecule has 0 bridgehead atoms. The van der Waals surface area contributed by atoms with Gasteiger partial charge in [-0.2, -0.15) is 0 Å². The van der Waals surface area contributed by atoms with Gasteiger partial charge in [-0.25, -0.2) is 0 Å². The molecule has 0 heterocycles. The van der Waals surface area contributed by atoms with Crippen LogP contribution in [0.25, 0.3) is 5.76 Å². The quantitative estimate of drug-likeness (QED) is 0.325. The molecule has 0 radical (unpaired) electrons. The zero-order valence-corrected chi connectivity index (χ0v) is 24.6. The van der Waals surface area contributed by atoms with E-state index >= 15 is 0 Å². The highest BCUT2D eigenvalue weighted by Gasteiger charge is 2.64. The number of benzene rings is 1. The van der Waals surface area contributed by atoms with Crippen LogP contribution < -0.4 is 10.6 Å². The second-order valence-electron chi connectivity index (χ2n) is 13.6. The zero-order valence-electron chi connectivity index (χ0n) is 24.6. The van der Waals surface area contributed by atoms with Crippen molar-refractivity contribution < 1.29 is 34.8 Å². The number of ketones is 2. The van der Waals surface area contributed by atoms with Gasteiger partial charge in [0.15, 0.2) is 11.4 Å². The van der Waals surface area contributed by atoms with Gasteiger partial charge in [0.25, 0.3) is 5.91 Å². The maximum absolute atomic E-state index is 14.1. The predicted molar refractivity (Wildman–Crippen MR) is 153 cm³/mol. The number of nitrogens with zero attached hydrogens (tertiary/aromatic N) is 2. The highest BCUT2D eigenvalue weighted by molar-refractivity contribution is 6.24. The number of amides is 1. The van der Waals surface area contributed by atoms with Gasteiger partial charge in [0.1, 0.15) is 22.8 Å². The van der Waals surface area contributed by atoms with Crippen LogP contribution in [-0.2, 0) is 27.2 Å². The summed E-state index contributed by atoms with van der Waals surface area (Å²) >= 11 is 0. The Kier molecular flexibility index (Phi) is 6.82. The van der Waals surface area contributed by atoms with Gasteiger partial charge >= 0.3 is 0 Å². The van der Waals surface area contributed by atoms with E-state index < -0.39 is 58.0 Å². The molecule has 1 aromatic rings. The van der Waals surface area contributed by atoms with Crippen molar-refractivity contribution in [2.75, 3.05) is 33.1 Å². The fourth-order valence-electron chi connectivity index (χ4n) is 8.00. The average Bonchev–Trinajstić information content (AvgIpc) is 2.83. The zero-order chi connectivity index (χ0) is 30.3. The molecule has 1 aromatic carbocycles. The molecule has 2 fully saturated rings. The molecule has 2 saturated carbocycles. The minimum absolute atomic E-state index is 0.0681. The number of carbonyl (C=O) groups is 3. The van der Waals surface area contributed by atoms with E-state index in [1.165, 1.54) is 4.90 Å². The van der Waals surface area contributed by atoms with Crippen molar-refractivity contribution in [2.24, 2.45) is 28.9 Å². The highest BCUT2D eigenvalue weighted by Crippen LogP contribution is 2.54. The lowest BCUT2D eigenvalue weighted by Crippen LogP contribution is -2.65. The molecule has 4 aliphatic rings. The highest BCUT2D eigenvalue weighted by atomic mass is 16.3. The van der Waals surface area contributed by atoms with Gasteiger partial charge in [-0.15, -0.1) is 0 Å². The number of primary amides is 1. The van der Waals surface area contributed by atoms with Crippen LogP contribution in [0, 0.1) is 23.2 Å². The van der Waals surface area contributed by atoms with Crippen LogP contribution in [-0.4, -0.2) is 82.6 Å². The lowest BCUT2D eigenvalue weighted by atomic mass is 9.57. The number of aromatic hydroxyl groups is 1. The summed E-state index contributed by atoms with van der Waals surface area (Å²) in [4.78, 5) is 42.9. The Morgan fingerprint density at radius 3 is 2.27 bits per heavy atom. The van der Waals surface area contributed by atoms with Gasteiger partial charge in [0.05, 0.1) is 11.6 Å². The molecule has 0 aliphatic heterocycles. The summed E-state index contributed by atoms with van der Waals surface area (Å²) in [5.41, 5.74) is 4.44. The number of aryl methyl sites for hydroxylation is 1. The van der Waals surface area contributed by atoms with Gasteiger partial charge in [0, 0.05) is 31.3 Å². The molecule has 41 heavy (non-hydrogen) atoms. The topological polar surface area (TPSA) is 165 Å². The average molecular weight is 568 g/mol. The van der Waals surface area contributed by atoms with Gasteiger partial charge in [-0.05, 0) is 87.1 Å². The molecule has 10 nitrogen and oxygen atoms in total. The fraction of sp³-hybridized carbons (Fsp3) is 0.581. The molecular formula is C31H41N3O7. The monoisotopic (exact) mass is 567 g/mol. The Labute approximate surface area is 240 Å². The van der Waals surface area contributed by atoms with E-state index in [0.29, 0.717) is 28.9 Å². The predicted octanol–water partition coefficient (Wildman–Crippen LogP) is 2.40. The summed E-state index contributed by atoms with van der Waals surface area (Å²) in [5.74, 6) is -5.77. The summed E-state index contributed by atoms with van der Waals surface area (Å²) in [6.07, 6.45) is 4.06. The Hall–Kier alpha value is -3.37. The van der Waals surface area contributed by atoms with Crippen molar-refractivity contribution >= 4 is 28.9 Å². The molecule has 0 spiro atoms. The number of anilines is 1. The summed E-state index contributed by atoms with van der Waals surface area (Å²) in [5, 5.41) is 45.9. The number of carbonyl (C=O) groups excluding carboxylic acids is 3. The lowest BCUT2D eigenvalue weighted by Gasteiger charge is -2.50. The summed E-state index contributed by atoms with van der Waals surface area (Å²) in [6.45, 7) is 4.49. The standard InChI is InChI=1S/C31H41N3O7/c1-30(2)12-14(13-30)7-8-15-11-19(33(3)4)17-9-16-10-18-23(34(5)6)26(37)22(29(32)40)28(39)31(18,41)27(38)20(16)25(36)21(17)24(15)35/h11,14,16,18,23,35-36,39,41H,7-10,12-13H2,1-6H3,(H2,32,40)/t16-,18-,23-,31-/m0/s1. The van der Waals surface area contributed by atoms with Crippen LogP contribution in [0.15, 0.2) is 23.0 Å². The van der Waals surface area contributed by atoms with Gasteiger partial charge in [0.2, 0.25) is 5.78 Å². The van der Waals surface area contributed by atoms with Crippen molar-refractivity contribution in [3.05, 3.63) is 39.7 Å². The van der Waals surface area contributed by atoms with Crippen molar-refractivity contribution in [1.82, 2.24) is 4.90 Å². The van der Waals surface area contributed by atoms with Crippen molar-refractivity contribution in [3.8, 4) is 5.75 Å². The Balaban J connectivity index is 1.64. The number of hydrogen-bond donors (Lipinski definition) is 5. The first-order chi connectivity index (χ1) is 19.0. The molecule has 4 atom stereocenters. The van der Waals surface area contributed by atoms with E-state index in [4.69, 9.17) is 5.73 Å². The Morgan fingerprint density at radius 2 is 1.73 bits per heavy atom. The van der Waals surface area contributed by atoms with Crippen molar-refractivity contribution in [1.29, 1.82) is 0 Å². The van der Waals surface area contributed by atoms with Crippen molar-refractivity contribution in [2.45, 2.75) is 64.0 Å². The lowest BCUT2D eigenvalue weighted by molar-refractivity contribution is -0.153. The maximum atomic E-state index is 14.1. The first-order valence-electron chi connectivity index (χ1n) is 14.2. The summed E-state index contributed by atoms with van der Waals surface area (Å²) < 4.78 is 0. The fourth-order valence-corrected chi connectivity index (χ4v) is 8.00. The molecule has 4 aliphatic carbocycles. The SMILES string of the molecule is CN(C)c1cc(CCC2CC(C)(C)C2)c(O)c2c1C[C@H]1C[C@H]3[C@H](N(C)C)C(=O)C(C(N)=O)=C(O)[C@@]3(O)C(=O)C1=C2O. The number of phenols is 1. The van der Waals surface area contributed by atoms with Crippen LogP contribution in [0.5, 0.6) is 5.75 Å². The molecular weight excluding hydrogens is 526 g/mol. The summed E-state index contributed by atoms with van der Waals surface area (Å²) in [7, 11) is 6.92. The van der Waals surface area contributed by atoms with Crippen LogP contribution in [0.2, 0.25) is 0 Å². The first kappa shape index (κ1) is 29.1. The third-order valence-electron chi connectivity index (χ3n) is 9.76. The molecule has 0 saturated heterocycles. The molecule has 6 N–H and O–H groups in total. The van der Waals surface area contributed by atoms with E-state index in [9.17, 15) is 34.8 Å². The van der Waals surface area contributed by atoms with E-state index in [-0.39, 0.29) is 29.7 Å².